The number of nitrogens with two attached hydrogens (primary N) is 1. The maximum atomic E-state index is 5.98. The molecule has 80 valence electrons. The van der Waals surface area contributed by atoms with E-state index in [1.165, 1.54) is 11.3 Å². The van der Waals surface area contributed by atoms with Gasteiger partial charge in [-0.1, -0.05) is 18.2 Å². The topological polar surface area (TPSA) is 29.3 Å². The number of hydrogen-bond donors (Lipinski definition) is 1. The third kappa shape index (κ3) is 2.32. The first-order valence-electron chi connectivity index (χ1n) is 4.34. The van der Waals surface area contributed by atoms with Gasteiger partial charge in [-0.05, 0) is 18.1 Å². The molecule has 1 aromatic rings. The zero-order chi connectivity index (χ0) is 8.55. The summed E-state index contributed by atoms with van der Waals surface area (Å²) in [6.07, 6.45) is 1.06. The second-order valence-electron chi connectivity index (χ2n) is 3.38. The van der Waals surface area contributed by atoms with Crippen molar-refractivity contribution in [2.75, 3.05) is 18.5 Å². The zero-order valence-electron chi connectivity index (χ0n) is 8.14. The van der Waals surface area contributed by atoms with Crippen LogP contribution in [0, 0.1) is 0 Å². The molecule has 1 aromatic carbocycles. The molecule has 1 atom stereocenters. The normalized spacial score (nSPS) is 19.0. The van der Waals surface area contributed by atoms with Crippen molar-refractivity contribution in [2.24, 2.45) is 5.73 Å². The Morgan fingerprint density at radius 2 is 1.93 bits per heavy atom. The average molecular weight is 235 g/mol. The number of hydrogen-bond acceptors (Lipinski definition) is 2. The smallest absolute Gasteiger partial charge is 0.0412 e. The molecule has 0 amide bonds. The van der Waals surface area contributed by atoms with E-state index in [0.29, 0.717) is 0 Å². The monoisotopic (exact) mass is 234 g/mol. The average Bonchev–Trinajstić information content (AvgIpc) is 2.12. The fraction of sp³-hybridized carbons (Fsp3) is 0.400. The van der Waals surface area contributed by atoms with E-state index in [1.807, 2.05) is 0 Å². The molecule has 14 heavy (non-hydrogen) atoms. The Labute approximate surface area is 97.3 Å². The van der Waals surface area contributed by atoms with Crippen molar-refractivity contribution in [2.45, 2.75) is 12.5 Å². The van der Waals surface area contributed by atoms with Crippen LogP contribution in [0.4, 0.5) is 5.69 Å². The van der Waals surface area contributed by atoms with Gasteiger partial charge in [0.1, 0.15) is 0 Å². The molecule has 0 aromatic heterocycles. The van der Waals surface area contributed by atoms with E-state index in [-0.39, 0.29) is 30.9 Å². The number of rotatable bonds is 0. The van der Waals surface area contributed by atoms with E-state index in [9.17, 15) is 0 Å². The van der Waals surface area contributed by atoms with E-state index < -0.39 is 0 Å². The Morgan fingerprint density at radius 1 is 1.29 bits per heavy atom. The molecule has 2 N–H and O–H groups in total. The summed E-state index contributed by atoms with van der Waals surface area (Å²) >= 11 is 0. The van der Waals surface area contributed by atoms with Crippen molar-refractivity contribution in [1.29, 1.82) is 0 Å². The maximum absolute atomic E-state index is 5.98. The van der Waals surface area contributed by atoms with Gasteiger partial charge in [-0.15, -0.1) is 24.8 Å². The molecule has 0 bridgehead atoms. The Hall–Kier alpha value is -0.440. The standard InChI is InChI=1S/C10H14N2.2ClH/c1-12-7-6-9(11)8-4-2-3-5-10(8)12;;/h2-5,9H,6-7,11H2,1H3;2*1H. The predicted octanol–water partition coefficient (Wildman–Crippen LogP) is 2.37. The van der Waals surface area contributed by atoms with Gasteiger partial charge in [0.05, 0.1) is 0 Å². The van der Waals surface area contributed by atoms with Gasteiger partial charge in [0.2, 0.25) is 0 Å². The largest absolute Gasteiger partial charge is 0.374 e. The first-order valence-corrected chi connectivity index (χ1v) is 4.34. The summed E-state index contributed by atoms with van der Waals surface area (Å²) < 4.78 is 0. The number of anilines is 1. The van der Waals surface area contributed by atoms with E-state index >= 15 is 0 Å². The van der Waals surface area contributed by atoms with E-state index in [1.54, 1.807) is 0 Å². The number of para-hydroxylation sites is 1. The Bertz CT molecular complexity index is 262. The van der Waals surface area contributed by atoms with Crippen LogP contribution in [0.25, 0.3) is 0 Å². The van der Waals surface area contributed by atoms with Crippen molar-refractivity contribution in [3.63, 3.8) is 0 Å². The summed E-state index contributed by atoms with van der Waals surface area (Å²) in [7, 11) is 2.12. The molecule has 4 heteroatoms. The van der Waals surface area contributed by atoms with Gasteiger partial charge >= 0.3 is 0 Å². The van der Waals surface area contributed by atoms with E-state index in [4.69, 9.17) is 5.73 Å². The molecule has 2 nitrogen and oxygen atoms in total. The molecule has 0 fully saturated rings. The molecule has 1 aliphatic rings. The van der Waals surface area contributed by atoms with Crippen LogP contribution < -0.4 is 10.6 Å². The van der Waals surface area contributed by atoms with Crippen molar-refractivity contribution < 1.29 is 0 Å². The summed E-state index contributed by atoms with van der Waals surface area (Å²) in [5.41, 5.74) is 8.55. The SMILES string of the molecule is CN1CCC(N)c2ccccc21.Cl.Cl. The summed E-state index contributed by atoms with van der Waals surface area (Å²) in [5, 5.41) is 0. The lowest BCUT2D eigenvalue weighted by molar-refractivity contribution is 0.614. The fourth-order valence-corrected chi connectivity index (χ4v) is 1.76. The third-order valence-electron chi connectivity index (χ3n) is 2.52. The van der Waals surface area contributed by atoms with Crippen LogP contribution >= 0.6 is 24.8 Å². The number of benzene rings is 1. The minimum absolute atomic E-state index is 0. The van der Waals surface area contributed by atoms with Crippen molar-refractivity contribution in [3.8, 4) is 0 Å². The molecular formula is C10H16Cl2N2. The number of halogens is 2. The molecule has 0 saturated carbocycles. The van der Waals surface area contributed by atoms with Crippen molar-refractivity contribution in [3.05, 3.63) is 29.8 Å². The molecule has 1 heterocycles. The highest BCUT2D eigenvalue weighted by Crippen LogP contribution is 2.30. The number of fused-ring (bicyclic) bond motifs is 1. The summed E-state index contributed by atoms with van der Waals surface area (Å²) in [4.78, 5) is 2.26. The molecule has 0 radical (unpaired) electrons. The minimum atomic E-state index is 0. The molecular weight excluding hydrogens is 219 g/mol. The molecule has 2 rings (SSSR count). The predicted molar refractivity (Wildman–Crippen MR) is 65.8 cm³/mol. The lowest BCUT2D eigenvalue weighted by Gasteiger charge is -2.31. The van der Waals surface area contributed by atoms with Gasteiger partial charge in [-0.2, -0.15) is 0 Å². The molecule has 0 spiro atoms. The van der Waals surface area contributed by atoms with Crippen LogP contribution in [0.15, 0.2) is 24.3 Å². The van der Waals surface area contributed by atoms with Crippen LogP contribution in [-0.4, -0.2) is 13.6 Å². The molecule has 0 saturated heterocycles. The van der Waals surface area contributed by atoms with Gasteiger partial charge in [-0.3, -0.25) is 0 Å². The highest BCUT2D eigenvalue weighted by atomic mass is 35.5. The Balaban J connectivity index is 0.000000845. The Kier molecular flexibility index (Phi) is 5.27. The second-order valence-corrected chi connectivity index (χ2v) is 3.38. The van der Waals surface area contributed by atoms with Crippen LogP contribution in [0.1, 0.15) is 18.0 Å². The zero-order valence-corrected chi connectivity index (χ0v) is 9.78. The molecule has 1 aliphatic heterocycles. The minimum Gasteiger partial charge on any atom is -0.374 e. The van der Waals surface area contributed by atoms with E-state index in [0.717, 1.165) is 13.0 Å². The summed E-state index contributed by atoms with van der Waals surface area (Å²) in [6.45, 7) is 1.07. The highest BCUT2D eigenvalue weighted by Gasteiger charge is 2.18. The van der Waals surface area contributed by atoms with Crippen molar-refractivity contribution in [1.82, 2.24) is 0 Å². The molecule has 0 aliphatic carbocycles. The third-order valence-corrected chi connectivity index (χ3v) is 2.52. The van der Waals surface area contributed by atoms with Crippen molar-refractivity contribution >= 4 is 30.5 Å². The van der Waals surface area contributed by atoms with Gasteiger partial charge in [-0.25, -0.2) is 0 Å². The van der Waals surface area contributed by atoms with Gasteiger partial charge in [0.25, 0.3) is 0 Å². The lowest BCUT2D eigenvalue weighted by atomic mass is 9.98. The lowest BCUT2D eigenvalue weighted by Crippen LogP contribution is -2.30. The van der Waals surface area contributed by atoms with Crippen LogP contribution in [-0.2, 0) is 0 Å². The molecule has 1 unspecified atom stereocenters. The van der Waals surface area contributed by atoms with Crippen LogP contribution in [0.2, 0.25) is 0 Å². The summed E-state index contributed by atoms with van der Waals surface area (Å²) in [6, 6.07) is 8.60. The second kappa shape index (κ2) is 5.44. The van der Waals surface area contributed by atoms with E-state index in [2.05, 4.69) is 36.2 Å². The number of nitrogens with zero attached hydrogens (tertiary/aromatic N) is 1. The van der Waals surface area contributed by atoms with Gasteiger partial charge in [0.15, 0.2) is 0 Å². The van der Waals surface area contributed by atoms with Crippen LogP contribution in [0.5, 0.6) is 0 Å². The fourth-order valence-electron chi connectivity index (χ4n) is 1.76. The van der Waals surface area contributed by atoms with Gasteiger partial charge in [0, 0.05) is 25.3 Å². The first-order chi connectivity index (χ1) is 5.79. The first kappa shape index (κ1) is 13.6. The summed E-state index contributed by atoms with van der Waals surface area (Å²) in [5.74, 6) is 0. The maximum Gasteiger partial charge on any atom is 0.0412 e. The quantitative estimate of drug-likeness (QED) is 0.748. The van der Waals surface area contributed by atoms with Crippen LogP contribution in [0.3, 0.4) is 0 Å². The Morgan fingerprint density at radius 3 is 2.57 bits per heavy atom. The van der Waals surface area contributed by atoms with Gasteiger partial charge < -0.3 is 10.6 Å². The highest BCUT2D eigenvalue weighted by molar-refractivity contribution is 5.85.